The topological polar surface area (TPSA) is 72.2 Å². The largest absolute Gasteiger partial charge is 0.370 e. The van der Waals surface area contributed by atoms with E-state index in [0.29, 0.717) is 6.54 Å². The second kappa shape index (κ2) is 4.98. The van der Waals surface area contributed by atoms with Crippen molar-refractivity contribution in [1.29, 1.82) is 0 Å². The third-order valence-electron chi connectivity index (χ3n) is 2.36. The fourth-order valence-electron chi connectivity index (χ4n) is 0.855. The summed E-state index contributed by atoms with van der Waals surface area (Å²) in [4.78, 5) is 21.9. The number of nitrogens with two attached hydrogens (primary N) is 1. The highest BCUT2D eigenvalue weighted by Crippen LogP contribution is 2.24. The monoisotopic (exact) mass is 200 g/mol. The molecule has 0 aliphatic rings. The summed E-state index contributed by atoms with van der Waals surface area (Å²) in [5.74, 6) is -0.497. The van der Waals surface area contributed by atoms with Gasteiger partial charge in [-0.1, -0.05) is 27.7 Å². The van der Waals surface area contributed by atoms with E-state index in [2.05, 4.69) is 5.32 Å². The number of hydrogen-bond donors (Lipinski definition) is 2. The van der Waals surface area contributed by atoms with Crippen LogP contribution in [0.15, 0.2) is 0 Å². The van der Waals surface area contributed by atoms with Gasteiger partial charge in [-0.15, -0.1) is 0 Å². The first-order valence-electron chi connectivity index (χ1n) is 4.81. The van der Waals surface area contributed by atoms with Gasteiger partial charge >= 0.3 is 0 Å². The summed E-state index contributed by atoms with van der Waals surface area (Å²) in [6, 6.07) is 0. The van der Waals surface area contributed by atoms with Crippen LogP contribution >= 0.6 is 0 Å². The number of carbonyl (C=O) groups excluding carboxylic acids is 2. The predicted molar refractivity (Wildman–Crippen MR) is 55.4 cm³/mol. The minimum Gasteiger partial charge on any atom is -0.370 e. The Labute approximate surface area is 85.2 Å². The lowest BCUT2D eigenvalue weighted by molar-refractivity contribution is -0.127. The van der Waals surface area contributed by atoms with E-state index in [0.717, 1.165) is 0 Å². The number of hydrogen-bond acceptors (Lipinski definition) is 2. The Morgan fingerprint density at radius 3 is 2.21 bits per heavy atom. The van der Waals surface area contributed by atoms with Crippen molar-refractivity contribution in [1.82, 2.24) is 5.32 Å². The molecule has 0 fully saturated rings. The number of nitrogens with one attached hydrogen (secondary N) is 1. The standard InChI is InChI=1S/C10H20N2O2/c1-7(10(2,3)4)9(14)12-6-5-8(11)13/h7H,5-6H2,1-4H3,(H2,11,13)(H,12,14). The second-order valence-electron chi connectivity index (χ2n) is 4.60. The normalized spacial score (nSPS) is 13.4. The molecule has 14 heavy (non-hydrogen) atoms. The van der Waals surface area contributed by atoms with Gasteiger partial charge in [-0.05, 0) is 5.41 Å². The summed E-state index contributed by atoms with van der Waals surface area (Å²) < 4.78 is 0. The van der Waals surface area contributed by atoms with Gasteiger partial charge in [0.25, 0.3) is 0 Å². The highest BCUT2D eigenvalue weighted by atomic mass is 16.2. The van der Waals surface area contributed by atoms with Gasteiger partial charge in [0.15, 0.2) is 0 Å². The lowest BCUT2D eigenvalue weighted by Gasteiger charge is -2.25. The summed E-state index contributed by atoms with van der Waals surface area (Å²) >= 11 is 0. The molecule has 0 rings (SSSR count). The first-order chi connectivity index (χ1) is 6.25. The first kappa shape index (κ1) is 12.9. The molecule has 4 heteroatoms. The molecule has 0 bridgehead atoms. The van der Waals surface area contributed by atoms with Crippen molar-refractivity contribution in [2.45, 2.75) is 34.1 Å². The minimum absolute atomic E-state index is 0.0289. The van der Waals surface area contributed by atoms with Gasteiger partial charge in [0, 0.05) is 18.9 Å². The van der Waals surface area contributed by atoms with Crippen LogP contribution in [-0.2, 0) is 9.59 Å². The van der Waals surface area contributed by atoms with E-state index in [1.807, 2.05) is 27.7 Å². The molecule has 0 aromatic heterocycles. The molecule has 2 amide bonds. The van der Waals surface area contributed by atoms with Crippen LogP contribution in [-0.4, -0.2) is 18.4 Å². The van der Waals surface area contributed by atoms with Gasteiger partial charge in [-0.3, -0.25) is 9.59 Å². The highest BCUT2D eigenvalue weighted by Gasteiger charge is 2.26. The van der Waals surface area contributed by atoms with E-state index in [-0.39, 0.29) is 23.7 Å². The van der Waals surface area contributed by atoms with Crippen LogP contribution in [0.25, 0.3) is 0 Å². The summed E-state index contributed by atoms with van der Waals surface area (Å²) in [6.45, 7) is 8.22. The summed E-state index contributed by atoms with van der Waals surface area (Å²) in [7, 11) is 0. The van der Waals surface area contributed by atoms with Crippen LogP contribution in [0.5, 0.6) is 0 Å². The third-order valence-corrected chi connectivity index (χ3v) is 2.36. The van der Waals surface area contributed by atoms with Crippen molar-refractivity contribution in [2.75, 3.05) is 6.54 Å². The lowest BCUT2D eigenvalue weighted by atomic mass is 9.81. The van der Waals surface area contributed by atoms with E-state index in [1.54, 1.807) is 0 Å². The van der Waals surface area contributed by atoms with Gasteiger partial charge < -0.3 is 11.1 Å². The SMILES string of the molecule is CC(C(=O)NCCC(N)=O)C(C)(C)C. The number of rotatable bonds is 4. The van der Waals surface area contributed by atoms with Gasteiger partial charge in [0.2, 0.25) is 11.8 Å². The van der Waals surface area contributed by atoms with Crippen molar-refractivity contribution >= 4 is 11.8 Å². The molecule has 0 saturated carbocycles. The number of carbonyl (C=O) groups is 2. The summed E-state index contributed by atoms with van der Waals surface area (Å²) in [6.07, 6.45) is 0.197. The molecule has 1 unspecified atom stereocenters. The van der Waals surface area contributed by atoms with Crippen LogP contribution in [0, 0.1) is 11.3 Å². The summed E-state index contributed by atoms with van der Waals surface area (Å²) in [5, 5.41) is 2.68. The lowest BCUT2D eigenvalue weighted by Crippen LogP contribution is -2.37. The average molecular weight is 200 g/mol. The molecular formula is C10H20N2O2. The van der Waals surface area contributed by atoms with Gasteiger partial charge in [0.05, 0.1) is 0 Å². The number of primary amides is 1. The zero-order valence-corrected chi connectivity index (χ0v) is 9.39. The Balaban J connectivity index is 3.91. The van der Waals surface area contributed by atoms with Crippen molar-refractivity contribution in [3.8, 4) is 0 Å². The first-order valence-corrected chi connectivity index (χ1v) is 4.81. The van der Waals surface area contributed by atoms with Crippen molar-refractivity contribution in [2.24, 2.45) is 17.1 Å². The fourth-order valence-corrected chi connectivity index (χ4v) is 0.855. The Hall–Kier alpha value is -1.06. The molecule has 0 heterocycles. The van der Waals surface area contributed by atoms with Crippen LogP contribution < -0.4 is 11.1 Å². The number of amides is 2. The quantitative estimate of drug-likeness (QED) is 0.699. The average Bonchev–Trinajstić information content (AvgIpc) is 2.00. The Bertz CT molecular complexity index is 219. The molecule has 0 aliphatic carbocycles. The maximum absolute atomic E-state index is 11.5. The van der Waals surface area contributed by atoms with E-state index < -0.39 is 5.91 Å². The Morgan fingerprint density at radius 2 is 1.86 bits per heavy atom. The van der Waals surface area contributed by atoms with Crippen molar-refractivity contribution in [3.05, 3.63) is 0 Å². The maximum Gasteiger partial charge on any atom is 0.223 e. The zero-order chi connectivity index (χ0) is 11.4. The van der Waals surface area contributed by atoms with Crippen LogP contribution in [0.4, 0.5) is 0 Å². The fraction of sp³-hybridized carbons (Fsp3) is 0.800. The molecule has 82 valence electrons. The van der Waals surface area contributed by atoms with Gasteiger partial charge in [-0.25, -0.2) is 0 Å². The molecule has 0 radical (unpaired) electrons. The molecule has 0 aliphatic heterocycles. The van der Waals surface area contributed by atoms with Gasteiger partial charge in [0.1, 0.15) is 0 Å². The Kier molecular flexibility index (Phi) is 4.60. The Morgan fingerprint density at radius 1 is 1.36 bits per heavy atom. The molecule has 4 nitrogen and oxygen atoms in total. The zero-order valence-electron chi connectivity index (χ0n) is 9.39. The van der Waals surface area contributed by atoms with Crippen LogP contribution in [0.2, 0.25) is 0 Å². The molecule has 0 aromatic carbocycles. The molecule has 0 spiro atoms. The van der Waals surface area contributed by atoms with Crippen LogP contribution in [0.3, 0.4) is 0 Å². The van der Waals surface area contributed by atoms with Crippen LogP contribution in [0.1, 0.15) is 34.1 Å². The minimum atomic E-state index is -0.395. The van der Waals surface area contributed by atoms with E-state index >= 15 is 0 Å². The van der Waals surface area contributed by atoms with Gasteiger partial charge in [-0.2, -0.15) is 0 Å². The smallest absolute Gasteiger partial charge is 0.223 e. The predicted octanol–water partition coefficient (Wildman–Crippen LogP) is 0.660. The van der Waals surface area contributed by atoms with E-state index in [4.69, 9.17) is 5.73 Å². The van der Waals surface area contributed by atoms with E-state index in [9.17, 15) is 9.59 Å². The third kappa shape index (κ3) is 4.84. The van der Waals surface area contributed by atoms with Crippen molar-refractivity contribution < 1.29 is 9.59 Å². The molecule has 1 atom stereocenters. The van der Waals surface area contributed by atoms with Crippen molar-refractivity contribution in [3.63, 3.8) is 0 Å². The molecular weight excluding hydrogens is 180 g/mol. The highest BCUT2D eigenvalue weighted by molar-refractivity contribution is 5.80. The summed E-state index contributed by atoms with van der Waals surface area (Å²) in [5.41, 5.74) is 4.89. The molecule has 0 aromatic rings. The maximum atomic E-state index is 11.5. The van der Waals surface area contributed by atoms with E-state index in [1.165, 1.54) is 0 Å². The molecule has 3 N–H and O–H groups in total. The second-order valence-corrected chi connectivity index (χ2v) is 4.60. The molecule has 0 saturated heterocycles.